The van der Waals surface area contributed by atoms with Crippen molar-refractivity contribution in [3.63, 3.8) is 0 Å². The van der Waals surface area contributed by atoms with Gasteiger partial charge >= 0.3 is 0 Å². The molecule has 0 aliphatic carbocycles. The van der Waals surface area contributed by atoms with E-state index in [4.69, 9.17) is 4.98 Å². The number of hydrogen-bond donors (Lipinski definition) is 0. The van der Waals surface area contributed by atoms with Crippen LogP contribution in [0.2, 0.25) is 76.6 Å². The molecule has 3 aromatic rings. The number of anilines is 2. The number of pyridine rings is 1. The molecule has 0 amide bonds. The van der Waals surface area contributed by atoms with Gasteiger partial charge in [-0.05, 0) is 71.7 Å². The lowest BCUT2D eigenvalue weighted by Gasteiger charge is -2.41. The van der Waals surface area contributed by atoms with E-state index in [9.17, 15) is 0 Å². The molecule has 0 atom stereocenters. The second-order valence-electron chi connectivity index (χ2n) is 14.4. The summed E-state index contributed by atoms with van der Waals surface area (Å²) in [5.41, 5.74) is 8.78. The predicted molar refractivity (Wildman–Crippen MR) is 188 cm³/mol. The second-order valence-corrected chi connectivity index (χ2v) is 33.6. The fourth-order valence-corrected chi connectivity index (χ4v) is 35.9. The van der Waals surface area contributed by atoms with Gasteiger partial charge in [0.2, 0.25) is 0 Å². The first-order chi connectivity index (χ1) is 18.6. The Hall–Kier alpha value is -2.46. The molecule has 2 fully saturated rings. The van der Waals surface area contributed by atoms with Crippen LogP contribution in [0.4, 0.5) is 11.4 Å². The Morgan fingerprint density at radius 1 is 0.525 bits per heavy atom. The zero-order chi connectivity index (χ0) is 29.1. The van der Waals surface area contributed by atoms with E-state index in [1.165, 1.54) is 35.6 Å². The standard InChI is InChI=1S/C33H47N3Si4/c1-26(28-14-18-30(19-15-28)35-37(3,4)22-23-38(35,5)6)32-12-11-13-33(34-32)27(2)29-16-20-31(21-17-29)36-39(7,8)24-25-40(36,9)10/h11-21H,1-2,22-25H2,3-10H3. The highest BCUT2D eigenvalue weighted by atomic mass is 28.4. The summed E-state index contributed by atoms with van der Waals surface area (Å²) in [5, 5.41) is 0. The molecule has 1 aromatic heterocycles. The van der Waals surface area contributed by atoms with E-state index in [0.717, 1.165) is 33.7 Å². The Morgan fingerprint density at radius 2 is 0.825 bits per heavy atom. The van der Waals surface area contributed by atoms with Crippen molar-refractivity contribution < 1.29 is 0 Å². The summed E-state index contributed by atoms with van der Waals surface area (Å²) in [6, 6.07) is 30.0. The molecule has 0 saturated carbocycles. The lowest BCUT2D eigenvalue weighted by Crippen LogP contribution is -2.55. The van der Waals surface area contributed by atoms with Crippen LogP contribution >= 0.6 is 0 Å². The summed E-state index contributed by atoms with van der Waals surface area (Å²) in [4.78, 5) is 5.02. The summed E-state index contributed by atoms with van der Waals surface area (Å²) in [6.07, 6.45) is 0. The molecule has 7 heteroatoms. The summed E-state index contributed by atoms with van der Waals surface area (Å²) < 4.78 is 5.72. The van der Waals surface area contributed by atoms with Crippen LogP contribution < -0.4 is 8.46 Å². The van der Waals surface area contributed by atoms with Crippen molar-refractivity contribution in [3.8, 4) is 0 Å². The molecule has 0 unspecified atom stereocenters. The van der Waals surface area contributed by atoms with Gasteiger partial charge < -0.3 is 8.46 Å². The van der Waals surface area contributed by atoms with Gasteiger partial charge in [-0.3, -0.25) is 0 Å². The van der Waals surface area contributed by atoms with E-state index >= 15 is 0 Å². The van der Waals surface area contributed by atoms with E-state index in [1.807, 2.05) is 0 Å². The number of benzene rings is 2. The van der Waals surface area contributed by atoms with Gasteiger partial charge in [-0.1, -0.05) is 95.9 Å². The normalized spacial score (nSPS) is 20.5. The van der Waals surface area contributed by atoms with Gasteiger partial charge in [0.25, 0.3) is 0 Å². The molecule has 0 N–H and O–H groups in total. The Morgan fingerprint density at radius 3 is 1.12 bits per heavy atom. The highest BCUT2D eigenvalue weighted by molar-refractivity contribution is 7.05. The second kappa shape index (κ2) is 10.1. The average Bonchev–Trinajstić information content (AvgIpc) is 3.27. The van der Waals surface area contributed by atoms with Gasteiger partial charge in [0.1, 0.15) is 32.9 Å². The molecule has 3 nitrogen and oxygen atoms in total. The number of nitrogens with zero attached hydrogens (tertiary/aromatic N) is 3. The third-order valence-electron chi connectivity index (χ3n) is 9.43. The van der Waals surface area contributed by atoms with Crippen molar-refractivity contribution in [1.82, 2.24) is 4.98 Å². The molecule has 2 aliphatic rings. The van der Waals surface area contributed by atoms with Crippen molar-refractivity contribution in [2.75, 3.05) is 8.46 Å². The van der Waals surface area contributed by atoms with Gasteiger partial charge in [0, 0.05) is 22.5 Å². The highest BCUT2D eigenvalue weighted by Gasteiger charge is 2.48. The first-order valence-electron chi connectivity index (χ1n) is 14.8. The van der Waals surface area contributed by atoms with Crippen molar-refractivity contribution in [3.05, 3.63) is 102 Å². The molecule has 0 spiro atoms. The van der Waals surface area contributed by atoms with Crippen LogP contribution in [0.15, 0.2) is 79.9 Å². The minimum Gasteiger partial charge on any atom is -0.424 e. The zero-order valence-electron chi connectivity index (χ0n) is 25.9. The molecule has 40 heavy (non-hydrogen) atoms. The monoisotopic (exact) mass is 597 g/mol. The maximum absolute atomic E-state index is 5.02. The maximum atomic E-state index is 5.02. The molecule has 2 aromatic carbocycles. The molecule has 3 heterocycles. The van der Waals surface area contributed by atoms with E-state index in [2.05, 4.69) is 141 Å². The van der Waals surface area contributed by atoms with Crippen LogP contribution in [-0.2, 0) is 0 Å². The smallest absolute Gasteiger partial charge is 0.141 e. The fraction of sp³-hybridized carbons (Fsp3) is 0.364. The van der Waals surface area contributed by atoms with E-state index in [-0.39, 0.29) is 0 Å². The Kier molecular flexibility index (Phi) is 7.35. The zero-order valence-corrected chi connectivity index (χ0v) is 29.9. The van der Waals surface area contributed by atoms with Gasteiger partial charge in [0.15, 0.2) is 0 Å². The molecule has 0 radical (unpaired) electrons. The largest absolute Gasteiger partial charge is 0.424 e. The molecular formula is C33H47N3Si4. The van der Waals surface area contributed by atoms with Crippen LogP contribution in [0.25, 0.3) is 11.1 Å². The van der Waals surface area contributed by atoms with Crippen LogP contribution in [-0.4, -0.2) is 37.9 Å². The fourth-order valence-electron chi connectivity index (χ4n) is 7.40. The summed E-state index contributed by atoms with van der Waals surface area (Å²) in [5.74, 6) is 0. The van der Waals surface area contributed by atoms with Crippen LogP contribution in [0.1, 0.15) is 22.5 Å². The van der Waals surface area contributed by atoms with Gasteiger partial charge in [0.05, 0.1) is 11.4 Å². The average molecular weight is 598 g/mol. The lowest BCUT2D eigenvalue weighted by atomic mass is 10.0. The van der Waals surface area contributed by atoms with Crippen LogP contribution in [0, 0.1) is 0 Å². The van der Waals surface area contributed by atoms with Crippen molar-refractivity contribution in [1.29, 1.82) is 0 Å². The maximum Gasteiger partial charge on any atom is 0.141 e. The highest BCUT2D eigenvalue weighted by Crippen LogP contribution is 2.42. The lowest BCUT2D eigenvalue weighted by molar-refractivity contribution is 1.23. The first-order valence-corrected chi connectivity index (χ1v) is 27.4. The molecule has 5 rings (SSSR count). The van der Waals surface area contributed by atoms with Crippen molar-refractivity contribution in [2.45, 2.75) is 76.6 Å². The Labute approximate surface area is 247 Å². The minimum absolute atomic E-state index is 0.908. The molecule has 210 valence electrons. The Balaban J connectivity index is 1.35. The third-order valence-corrected chi connectivity index (χ3v) is 29.5. The van der Waals surface area contributed by atoms with Crippen LogP contribution in [0.5, 0.6) is 0 Å². The molecule has 2 saturated heterocycles. The Bertz CT molecular complexity index is 1300. The topological polar surface area (TPSA) is 19.4 Å². The van der Waals surface area contributed by atoms with Gasteiger partial charge in [-0.25, -0.2) is 4.98 Å². The van der Waals surface area contributed by atoms with Crippen molar-refractivity contribution in [2.24, 2.45) is 0 Å². The number of aromatic nitrogens is 1. The van der Waals surface area contributed by atoms with E-state index in [0.29, 0.717) is 0 Å². The number of rotatable bonds is 6. The van der Waals surface area contributed by atoms with E-state index in [1.54, 1.807) is 0 Å². The predicted octanol–water partition coefficient (Wildman–Crippen LogP) is 9.66. The molecular weight excluding hydrogens is 551 g/mol. The summed E-state index contributed by atoms with van der Waals surface area (Å²) in [7, 11) is -5.52. The first kappa shape index (κ1) is 29.0. The van der Waals surface area contributed by atoms with Crippen molar-refractivity contribution >= 4 is 55.5 Å². The van der Waals surface area contributed by atoms with Gasteiger partial charge in [-0.2, -0.15) is 0 Å². The third kappa shape index (κ3) is 5.29. The molecule has 0 bridgehead atoms. The minimum atomic E-state index is -1.38. The van der Waals surface area contributed by atoms with Gasteiger partial charge in [-0.15, -0.1) is 0 Å². The quantitative estimate of drug-likeness (QED) is 0.264. The van der Waals surface area contributed by atoms with E-state index < -0.39 is 32.9 Å². The van der Waals surface area contributed by atoms with Crippen LogP contribution in [0.3, 0.4) is 0 Å². The SMILES string of the molecule is C=C(c1ccc(N2[Si](C)(C)CC[Si]2(C)C)cc1)c1cccc(C(=C)c2ccc(N3[Si](C)(C)CC[Si]3(C)C)cc2)n1. The molecule has 2 aliphatic heterocycles. The number of hydrogen-bond acceptors (Lipinski definition) is 3. The summed E-state index contributed by atoms with van der Waals surface area (Å²) >= 11 is 0. The summed E-state index contributed by atoms with van der Waals surface area (Å²) in [6.45, 7) is 29.1.